The van der Waals surface area contributed by atoms with Crippen molar-refractivity contribution in [2.24, 2.45) is 0 Å². The molecule has 22 heavy (non-hydrogen) atoms. The van der Waals surface area contributed by atoms with E-state index in [1.165, 1.54) is 12.1 Å². The number of benzene rings is 2. The van der Waals surface area contributed by atoms with Gasteiger partial charge in [0.25, 0.3) is 0 Å². The van der Waals surface area contributed by atoms with Crippen LogP contribution in [-0.4, -0.2) is 17.5 Å². The van der Waals surface area contributed by atoms with Gasteiger partial charge in [0.1, 0.15) is 28.1 Å². The molecule has 0 aliphatic heterocycles. The van der Waals surface area contributed by atoms with Gasteiger partial charge in [-0.1, -0.05) is 0 Å². The predicted octanol–water partition coefficient (Wildman–Crippen LogP) is 4.28. The average Bonchev–Trinajstić information content (AvgIpc) is 2.89. The molecule has 114 valence electrons. The normalized spacial score (nSPS) is 12.5. The highest BCUT2D eigenvalue weighted by Gasteiger charge is 2.13. The van der Waals surface area contributed by atoms with Crippen LogP contribution in [0.4, 0.5) is 10.1 Å². The summed E-state index contributed by atoms with van der Waals surface area (Å²) in [7, 11) is 0.690. The molecule has 0 spiro atoms. The Labute approximate surface area is 130 Å². The number of furan rings is 1. The standard InChI is InChI=1S/C17H16FNO2S/c1-11-8-13-9-16(12-4-6-14(18)7-5-12)21-17(13)10-15(11)19(2)22(3)20/h4-10H,1-3H3. The molecular formula is C17H16FNO2S. The molecule has 3 aromatic rings. The Bertz CT molecular complexity index is 855. The lowest BCUT2D eigenvalue weighted by molar-refractivity contribution is 0.623. The number of hydrogen-bond acceptors (Lipinski definition) is 2. The molecule has 0 N–H and O–H groups in total. The number of rotatable bonds is 3. The van der Waals surface area contributed by atoms with Crippen molar-refractivity contribution in [3.63, 3.8) is 0 Å². The summed E-state index contributed by atoms with van der Waals surface area (Å²) in [6, 6.07) is 12.0. The van der Waals surface area contributed by atoms with Crippen LogP contribution in [0.3, 0.4) is 0 Å². The van der Waals surface area contributed by atoms with Crippen molar-refractivity contribution in [3.05, 3.63) is 53.8 Å². The molecule has 1 heterocycles. The van der Waals surface area contributed by atoms with Gasteiger partial charge in [-0.2, -0.15) is 0 Å². The largest absolute Gasteiger partial charge is 0.456 e. The zero-order valence-electron chi connectivity index (χ0n) is 12.6. The van der Waals surface area contributed by atoms with E-state index in [0.29, 0.717) is 5.76 Å². The number of anilines is 1. The molecular weight excluding hydrogens is 301 g/mol. The Hall–Kier alpha value is -2.14. The third-order valence-corrected chi connectivity index (χ3v) is 4.66. The summed E-state index contributed by atoms with van der Waals surface area (Å²) >= 11 is 0. The molecule has 0 saturated heterocycles. The van der Waals surface area contributed by atoms with Crippen molar-refractivity contribution in [2.45, 2.75) is 6.92 Å². The second-order valence-electron chi connectivity index (χ2n) is 5.22. The third kappa shape index (κ3) is 2.64. The van der Waals surface area contributed by atoms with Crippen LogP contribution in [0.15, 0.2) is 46.9 Å². The van der Waals surface area contributed by atoms with Gasteiger partial charge in [0.15, 0.2) is 0 Å². The van der Waals surface area contributed by atoms with E-state index >= 15 is 0 Å². The van der Waals surface area contributed by atoms with Gasteiger partial charge in [0.05, 0.1) is 5.69 Å². The Morgan fingerprint density at radius 1 is 1.14 bits per heavy atom. The number of halogens is 1. The maximum absolute atomic E-state index is 13.0. The SMILES string of the molecule is Cc1cc2cc(-c3ccc(F)cc3)oc2cc1N(C)S(C)=O. The monoisotopic (exact) mass is 317 g/mol. The molecule has 0 aliphatic rings. The predicted molar refractivity (Wildman–Crippen MR) is 88.8 cm³/mol. The minimum absolute atomic E-state index is 0.273. The van der Waals surface area contributed by atoms with Gasteiger partial charge < -0.3 is 4.42 Å². The summed E-state index contributed by atoms with van der Waals surface area (Å²) in [5, 5.41) is 0.968. The van der Waals surface area contributed by atoms with Gasteiger partial charge in [0, 0.05) is 30.3 Å². The summed E-state index contributed by atoms with van der Waals surface area (Å²) in [5.41, 5.74) is 3.44. The van der Waals surface area contributed by atoms with Crippen molar-refractivity contribution < 1.29 is 13.0 Å². The first-order chi connectivity index (χ1) is 10.5. The molecule has 0 fully saturated rings. The molecule has 1 aromatic heterocycles. The van der Waals surface area contributed by atoms with E-state index in [1.54, 1.807) is 29.7 Å². The van der Waals surface area contributed by atoms with Crippen LogP contribution >= 0.6 is 0 Å². The van der Waals surface area contributed by atoms with Crippen LogP contribution in [0.1, 0.15) is 5.56 Å². The lowest BCUT2D eigenvalue weighted by atomic mass is 10.1. The van der Waals surface area contributed by atoms with Gasteiger partial charge in [-0.15, -0.1) is 0 Å². The van der Waals surface area contributed by atoms with Crippen molar-refractivity contribution in [1.29, 1.82) is 0 Å². The third-order valence-electron chi connectivity index (χ3n) is 3.69. The number of hydrogen-bond donors (Lipinski definition) is 0. The molecule has 0 aliphatic carbocycles. The minimum Gasteiger partial charge on any atom is -0.456 e. The van der Waals surface area contributed by atoms with E-state index < -0.39 is 11.0 Å². The van der Waals surface area contributed by atoms with Crippen LogP contribution in [-0.2, 0) is 11.0 Å². The average molecular weight is 317 g/mol. The van der Waals surface area contributed by atoms with Crippen LogP contribution in [0.2, 0.25) is 0 Å². The molecule has 1 atom stereocenters. The zero-order valence-corrected chi connectivity index (χ0v) is 13.4. The van der Waals surface area contributed by atoms with Crippen LogP contribution in [0.25, 0.3) is 22.3 Å². The second kappa shape index (κ2) is 5.57. The molecule has 1 unspecified atom stereocenters. The van der Waals surface area contributed by atoms with E-state index in [9.17, 15) is 8.60 Å². The van der Waals surface area contributed by atoms with E-state index in [4.69, 9.17) is 4.42 Å². The highest BCUT2D eigenvalue weighted by Crippen LogP contribution is 2.32. The summed E-state index contributed by atoms with van der Waals surface area (Å²) < 4.78 is 32.2. The zero-order chi connectivity index (χ0) is 15.9. The first-order valence-corrected chi connectivity index (χ1v) is 8.34. The van der Waals surface area contributed by atoms with E-state index in [1.807, 2.05) is 25.1 Å². The lowest BCUT2D eigenvalue weighted by Crippen LogP contribution is -2.19. The fourth-order valence-electron chi connectivity index (χ4n) is 2.42. The van der Waals surface area contributed by atoms with E-state index in [-0.39, 0.29) is 5.82 Å². The van der Waals surface area contributed by atoms with Crippen LogP contribution < -0.4 is 4.31 Å². The number of nitrogens with zero attached hydrogens (tertiary/aromatic N) is 1. The molecule has 5 heteroatoms. The summed E-state index contributed by atoms with van der Waals surface area (Å²) in [6.07, 6.45) is 1.63. The Balaban J connectivity index is 2.10. The fourth-order valence-corrected chi connectivity index (χ4v) is 2.90. The number of aryl methyl sites for hydroxylation is 1. The van der Waals surface area contributed by atoms with Crippen molar-refractivity contribution >= 4 is 27.6 Å². The smallest absolute Gasteiger partial charge is 0.136 e. The lowest BCUT2D eigenvalue weighted by Gasteiger charge is -2.17. The molecule has 0 radical (unpaired) electrons. The van der Waals surface area contributed by atoms with Gasteiger partial charge in [-0.3, -0.25) is 4.31 Å². The van der Waals surface area contributed by atoms with Gasteiger partial charge in [0.2, 0.25) is 0 Å². The maximum Gasteiger partial charge on any atom is 0.136 e. The highest BCUT2D eigenvalue weighted by molar-refractivity contribution is 7.85. The Morgan fingerprint density at radius 3 is 2.45 bits per heavy atom. The summed E-state index contributed by atoms with van der Waals surface area (Å²) in [4.78, 5) is 0. The maximum atomic E-state index is 13.0. The van der Waals surface area contributed by atoms with Gasteiger partial charge >= 0.3 is 0 Å². The van der Waals surface area contributed by atoms with Gasteiger partial charge in [-0.25, -0.2) is 8.60 Å². The quantitative estimate of drug-likeness (QED) is 0.722. The summed E-state index contributed by atoms with van der Waals surface area (Å²) in [5.74, 6) is 0.414. The minimum atomic E-state index is -1.10. The van der Waals surface area contributed by atoms with E-state index in [2.05, 4.69) is 0 Å². The Kier molecular flexibility index (Phi) is 3.74. The van der Waals surface area contributed by atoms with Crippen LogP contribution in [0, 0.1) is 12.7 Å². The first-order valence-electron chi connectivity index (χ1n) is 6.83. The molecule has 0 saturated carbocycles. The van der Waals surface area contributed by atoms with Crippen molar-refractivity contribution in [2.75, 3.05) is 17.6 Å². The van der Waals surface area contributed by atoms with Crippen molar-refractivity contribution in [3.8, 4) is 11.3 Å². The molecule has 0 bridgehead atoms. The van der Waals surface area contributed by atoms with E-state index in [0.717, 1.165) is 27.8 Å². The molecule has 3 nitrogen and oxygen atoms in total. The van der Waals surface area contributed by atoms with Crippen molar-refractivity contribution in [1.82, 2.24) is 0 Å². The first kappa shape index (κ1) is 14.8. The molecule has 2 aromatic carbocycles. The summed E-state index contributed by atoms with van der Waals surface area (Å²) in [6.45, 7) is 1.97. The fraction of sp³-hybridized carbons (Fsp3) is 0.176. The van der Waals surface area contributed by atoms with Gasteiger partial charge in [-0.05, 0) is 48.9 Å². The second-order valence-corrected chi connectivity index (χ2v) is 6.61. The number of fused-ring (bicyclic) bond motifs is 1. The molecule has 0 amide bonds. The highest BCUT2D eigenvalue weighted by atomic mass is 32.2. The molecule has 3 rings (SSSR count). The van der Waals surface area contributed by atoms with Crippen LogP contribution in [0.5, 0.6) is 0 Å². The topological polar surface area (TPSA) is 33.5 Å². The Morgan fingerprint density at radius 2 is 1.82 bits per heavy atom.